The molecule has 0 aromatic heterocycles. The summed E-state index contributed by atoms with van der Waals surface area (Å²) < 4.78 is 38.2. The topological polar surface area (TPSA) is 348 Å². The quantitative estimate of drug-likeness (QED) is 0.103. The molecule has 4 aliphatic rings. The zero-order valence-corrected chi connectivity index (χ0v) is 23.5. The number of rotatable bonds is 10. The van der Waals surface area contributed by atoms with Crippen molar-refractivity contribution in [3.05, 3.63) is 0 Å². The lowest BCUT2D eigenvalue weighted by Gasteiger charge is -2.49. The average Bonchev–Trinajstić information content (AvgIpc) is 3.03. The second kappa shape index (κ2) is 15.6. The molecule has 20 atom stereocenters. The molecule has 4 rings (SSSR count). The van der Waals surface area contributed by atoms with E-state index in [0.717, 1.165) is 0 Å². The van der Waals surface area contributed by atoms with Gasteiger partial charge in [0.2, 0.25) is 0 Å². The standard InChI is InChI=1S/C24H42O21/c25-1-5-9(29)13(33)16(36)22(40-5)44-19-14(34)10(30)7(3-27)42-24(19)45-20-15(35)11(31)6(2-26)41-23(20)43-18-12(32)8(4-28)39-21(38)17(18)37/h5-38H,1-4H2/t5-,6-,7-,8-,9-,10-,11-,12-,13+,14+,15+,16+,17+,18+,19+,20+,21?,22+,23-,24+/m1/s1. The smallest absolute Gasteiger partial charge is 0.187 e. The first-order chi connectivity index (χ1) is 21.3. The molecule has 4 aliphatic heterocycles. The van der Waals surface area contributed by atoms with Crippen molar-refractivity contribution in [3.8, 4) is 0 Å². The zero-order chi connectivity index (χ0) is 33.3. The van der Waals surface area contributed by atoms with E-state index in [1.165, 1.54) is 0 Å². The van der Waals surface area contributed by atoms with E-state index in [-0.39, 0.29) is 0 Å². The Kier molecular flexibility index (Phi) is 12.8. The Balaban J connectivity index is 1.63. The third kappa shape index (κ3) is 7.44. The highest BCUT2D eigenvalue weighted by atomic mass is 16.8. The largest absolute Gasteiger partial charge is 0.394 e. The van der Waals surface area contributed by atoms with Crippen LogP contribution in [-0.2, 0) is 33.2 Å². The number of hydrogen-bond donors (Lipinski definition) is 14. The van der Waals surface area contributed by atoms with Crippen LogP contribution in [0.15, 0.2) is 0 Å². The molecular formula is C24H42O21. The first kappa shape index (κ1) is 37.0. The average molecular weight is 667 g/mol. The predicted molar refractivity (Wildman–Crippen MR) is 134 cm³/mol. The van der Waals surface area contributed by atoms with Gasteiger partial charge in [-0.05, 0) is 0 Å². The van der Waals surface area contributed by atoms with E-state index in [9.17, 15) is 71.5 Å². The van der Waals surface area contributed by atoms with Gasteiger partial charge >= 0.3 is 0 Å². The maximum Gasteiger partial charge on any atom is 0.187 e. The summed E-state index contributed by atoms with van der Waals surface area (Å²) >= 11 is 0. The van der Waals surface area contributed by atoms with E-state index in [0.29, 0.717) is 0 Å². The molecular weight excluding hydrogens is 624 g/mol. The second-order valence-corrected chi connectivity index (χ2v) is 11.1. The molecule has 0 aromatic rings. The molecule has 0 aromatic carbocycles. The monoisotopic (exact) mass is 666 g/mol. The van der Waals surface area contributed by atoms with Crippen LogP contribution < -0.4 is 0 Å². The van der Waals surface area contributed by atoms with Crippen LogP contribution in [0.2, 0.25) is 0 Å². The van der Waals surface area contributed by atoms with Gasteiger partial charge in [0.25, 0.3) is 0 Å². The lowest BCUT2D eigenvalue weighted by atomic mass is 9.96. The lowest BCUT2D eigenvalue weighted by molar-refractivity contribution is -0.403. The second-order valence-electron chi connectivity index (χ2n) is 11.1. The van der Waals surface area contributed by atoms with Gasteiger partial charge in [-0.25, -0.2) is 0 Å². The Morgan fingerprint density at radius 2 is 0.689 bits per heavy atom. The van der Waals surface area contributed by atoms with E-state index >= 15 is 0 Å². The van der Waals surface area contributed by atoms with E-state index in [4.69, 9.17) is 33.2 Å². The van der Waals surface area contributed by atoms with E-state index in [1.54, 1.807) is 0 Å². The third-order valence-corrected chi connectivity index (χ3v) is 8.21. The van der Waals surface area contributed by atoms with E-state index in [2.05, 4.69) is 0 Å². The summed E-state index contributed by atoms with van der Waals surface area (Å²) in [6, 6.07) is 0. The molecule has 14 N–H and O–H groups in total. The molecule has 0 bridgehead atoms. The first-order valence-electron chi connectivity index (χ1n) is 14.1. The van der Waals surface area contributed by atoms with Crippen LogP contribution in [0.5, 0.6) is 0 Å². The maximum atomic E-state index is 11.0. The van der Waals surface area contributed by atoms with Crippen molar-refractivity contribution in [3.63, 3.8) is 0 Å². The Bertz CT molecular complexity index is 916. The number of hydrogen-bond acceptors (Lipinski definition) is 21. The van der Waals surface area contributed by atoms with Crippen molar-refractivity contribution in [2.75, 3.05) is 26.4 Å². The molecule has 0 spiro atoms. The Morgan fingerprint density at radius 1 is 0.333 bits per heavy atom. The van der Waals surface area contributed by atoms with Crippen molar-refractivity contribution in [1.29, 1.82) is 0 Å². The number of ether oxygens (including phenoxy) is 7. The van der Waals surface area contributed by atoms with E-state index < -0.39 is 149 Å². The summed E-state index contributed by atoms with van der Waals surface area (Å²) in [5.74, 6) is 0. The molecule has 21 heteroatoms. The Morgan fingerprint density at radius 3 is 1.13 bits per heavy atom. The highest BCUT2D eigenvalue weighted by molar-refractivity contribution is 4.97. The van der Waals surface area contributed by atoms with Crippen LogP contribution in [0.25, 0.3) is 0 Å². The van der Waals surface area contributed by atoms with Gasteiger partial charge in [0.05, 0.1) is 26.4 Å². The fourth-order valence-electron chi connectivity index (χ4n) is 5.49. The summed E-state index contributed by atoms with van der Waals surface area (Å²) in [6.45, 7) is -3.45. The SMILES string of the molecule is OC[C@H]1O[C@@H](O[C@@H]2[C@H](O[C@@H]3[C@@H](O[C@H]4[C@H](O)[C@@H](CO)OC(O)[C@H]4O)O[C@H](CO)[C@@H](O)[C@@H]3O)O[C@H](CO)[C@@H](O)[C@@H]2O)[C@@H](O)[C@@H](O)[C@@H]1O. The molecule has 21 nitrogen and oxygen atoms in total. The third-order valence-electron chi connectivity index (χ3n) is 8.21. The minimum atomic E-state index is -2.03. The molecule has 4 heterocycles. The highest BCUT2D eigenvalue weighted by Gasteiger charge is 2.55. The molecule has 0 radical (unpaired) electrons. The van der Waals surface area contributed by atoms with Gasteiger partial charge in [0.1, 0.15) is 97.7 Å². The van der Waals surface area contributed by atoms with Gasteiger partial charge in [-0.1, -0.05) is 0 Å². The molecule has 4 fully saturated rings. The van der Waals surface area contributed by atoms with Crippen LogP contribution in [0, 0.1) is 0 Å². The number of aliphatic hydroxyl groups is 14. The van der Waals surface area contributed by atoms with Crippen LogP contribution >= 0.6 is 0 Å². The van der Waals surface area contributed by atoms with Crippen LogP contribution in [0.4, 0.5) is 0 Å². The van der Waals surface area contributed by atoms with Crippen molar-refractivity contribution in [2.24, 2.45) is 0 Å². The van der Waals surface area contributed by atoms with Gasteiger partial charge in [0.15, 0.2) is 25.2 Å². The van der Waals surface area contributed by atoms with Gasteiger partial charge in [-0.3, -0.25) is 0 Å². The minimum absolute atomic E-state index is 0.827. The lowest BCUT2D eigenvalue weighted by Crippen LogP contribution is -2.68. The minimum Gasteiger partial charge on any atom is -0.394 e. The molecule has 0 aliphatic carbocycles. The molecule has 4 saturated heterocycles. The summed E-state index contributed by atoms with van der Waals surface area (Å²) in [4.78, 5) is 0. The predicted octanol–water partition coefficient (Wildman–Crippen LogP) is -9.75. The van der Waals surface area contributed by atoms with Crippen molar-refractivity contribution >= 4 is 0 Å². The summed E-state index contributed by atoms with van der Waals surface area (Å²) in [5.41, 5.74) is 0. The summed E-state index contributed by atoms with van der Waals surface area (Å²) in [6.07, 6.45) is -36.6. The van der Waals surface area contributed by atoms with Crippen molar-refractivity contribution < 1.29 is 105 Å². The maximum absolute atomic E-state index is 11.0. The fraction of sp³-hybridized carbons (Fsp3) is 1.00. The molecule has 0 amide bonds. The molecule has 0 saturated carbocycles. The van der Waals surface area contributed by atoms with Gasteiger partial charge in [-0.2, -0.15) is 0 Å². The molecule has 264 valence electrons. The molecule has 1 unspecified atom stereocenters. The highest BCUT2D eigenvalue weighted by Crippen LogP contribution is 2.34. The summed E-state index contributed by atoms with van der Waals surface area (Å²) in [7, 11) is 0. The normalized spacial score (nSPS) is 52.9. The molecule has 45 heavy (non-hydrogen) atoms. The Labute approximate surface area is 254 Å². The van der Waals surface area contributed by atoms with E-state index in [1.807, 2.05) is 0 Å². The van der Waals surface area contributed by atoms with Gasteiger partial charge < -0.3 is 105 Å². The van der Waals surface area contributed by atoms with Crippen molar-refractivity contribution in [2.45, 2.75) is 123 Å². The number of aliphatic hydroxyl groups excluding tert-OH is 14. The summed E-state index contributed by atoms with van der Waals surface area (Å²) in [5, 5.41) is 143. The first-order valence-corrected chi connectivity index (χ1v) is 14.1. The van der Waals surface area contributed by atoms with Crippen LogP contribution in [0.3, 0.4) is 0 Å². The van der Waals surface area contributed by atoms with Crippen LogP contribution in [0.1, 0.15) is 0 Å². The van der Waals surface area contributed by atoms with Gasteiger partial charge in [0, 0.05) is 0 Å². The fourth-order valence-corrected chi connectivity index (χ4v) is 5.49. The van der Waals surface area contributed by atoms with Crippen molar-refractivity contribution in [1.82, 2.24) is 0 Å². The Hall–Kier alpha value is -0.840. The zero-order valence-electron chi connectivity index (χ0n) is 23.5. The van der Waals surface area contributed by atoms with Crippen LogP contribution in [-0.4, -0.2) is 221 Å². The van der Waals surface area contributed by atoms with Gasteiger partial charge in [-0.15, -0.1) is 0 Å².